The van der Waals surface area contributed by atoms with Crippen molar-refractivity contribution in [2.75, 3.05) is 6.54 Å². The number of rotatable bonds is 2. The Morgan fingerprint density at radius 3 is 2.91 bits per heavy atom. The molecule has 2 heterocycles. The summed E-state index contributed by atoms with van der Waals surface area (Å²) in [5.41, 5.74) is 4.23. The summed E-state index contributed by atoms with van der Waals surface area (Å²) in [5, 5.41) is 9.92. The van der Waals surface area contributed by atoms with Gasteiger partial charge in [0.25, 0.3) is 0 Å². The molecule has 2 bridgehead atoms. The first-order valence-corrected chi connectivity index (χ1v) is 8.58. The number of likely N-dealkylation sites (tertiary alicyclic amines) is 1. The van der Waals surface area contributed by atoms with Crippen LogP contribution in [-0.2, 0) is 18.4 Å². The maximum absolute atomic E-state index is 9.92. The SMILES string of the molecule is Cc1occc1CN1CC[C@]2(C)c3cc(O)ccc3C[C@H]1[C@H]2C. The fourth-order valence-electron chi connectivity index (χ4n) is 4.69. The first kappa shape index (κ1) is 14.8. The van der Waals surface area contributed by atoms with Crippen LogP contribution < -0.4 is 0 Å². The van der Waals surface area contributed by atoms with Crippen LogP contribution in [-0.4, -0.2) is 22.6 Å². The highest BCUT2D eigenvalue weighted by molar-refractivity contribution is 5.44. The van der Waals surface area contributed by atoms with E-state index >= 15 is 0 Å². The predicted molar refractivity (Wildman–Crippen MR) is 90.6 cm³/mol. The van der Waals surface area contributed by atoms with E-state index in [0.29, 0.717) is 17.7 Å². The highest BCUT2D eigenvalue weighted by Crippen LogP contribution is 2.49. The van der Waals surface area contributed by atoms with Gasteiger partial charge in [0.05, 0.1) is 6.26 Å². The molecule has 0 unspecified atom stereocenters. The van der Waals surface area contributed by atoms with Crippen molar-refractivity contribution in [3.05, 3.63) is 53.0 Å². The molecular formula is C20H25NO2. The van der Waals surface area contributed by atoms with Crippen LogP contribution in [0, 0.1) is 12.8 Å². The molecule has 0 radical (unpaired) electrons. The van der Waals surface area contributed by atoms with Gasteiger partial charge < -0.3 is 9.52 Å². The third kappa shape index (κ3) is 2.21. The van der Waals surface area contributed by atoms with Crippen LogP contribution in [0.25, 0.3) is 0 Å². The molecule has 3 atom stereocenters. The molecule has 1 saturated heterocycles. The number of aryl methyl sites for hydroxylation is 1. The summed E-state index contributed by atoms with van der Waals surface area (Å²) in [6, 6.07) is 8.60. The van der Waals surface area contributed by atoms with Crippen molar-refractivity contribution >= 4 is 0 Å². The molecule has 122 valence electrons. The second kappa shape index (κ2) is 5.13. The van der Waals surface area contributed by atoms with Gasteiger partial charge in [-0.3, -0.25) is 4.90 Å². The average molecular weight is 311 g/mol. The lowest BCUT2D eigenvalue weighted by molar-refractivity contribution is 0.0255. The average Bonchev–Trinajstić information content (AvgIpc) is 2.92. The molecule has 0 spiro atoms. The fourth-order valence-corrected chi connectivity index (χ4v) is 4.69. The molecule has 1 aliphatic carbocycles. The Bertz CT molecular complexity index is 735. The minimum atomic E-state index is 0.166. The van der Waals surface area contributed by atoms with Crippen LogP contribution in [0.15, 0.2) is 34.9 Å². The van der Waals surface area contributed by atoms with E-state index in [0.717, 1.165) is 31.7 Å². The van der Waals surface area contributed by atoms with Crippen molar-refractivity contribution in [3.63, 3.8) is 0 Å². The first-order valence-electron chi connectivity index (χ1n) is 8.58. The number of phenols is 1. The van der Waals surface area contributed by atoms with Gasteiger partial charge >= 0.3 is 0 Å². The maximum Gasteiger partial charge on any atom is 0.115 e. The summed E-state index contributed by atoms with van der Waals surface area (Å²) in [6.45, 7) is 8.88. The molecule has 1 aromatic heterocycles. The van der Waals surface area contributed by atoms with Crippen LogP contribution in [0.3, 0.4) is 0 Å². The van der Waals surface area contributed by atoms with Gasteiger partial charge in [0.15, 0.2) is 0 Å². The number of hydrogen-bond acceptors (Lipinski definition) is 3. The predicted octanol–water partition coefficient (Wildman–Crippen LogP) is 4.02. The molecule has 4 rings (SSSR count). The molecule has 0 amide bonds. The number of furan rings is 1. The monoisotopic (exact) mass is 311 g/mol. The van der Waals surface area contributed by atoms with E-state index in [9.17, 15) is 5.11 Å². The molecular weight excluding hydrogens is 286 g/mol. The summed E-state index contributed by atoms with van der Waals surface area (Å²) in [4.78, 5) is 2.63. The van der Waals surface area contributed by atoms with Crippen molar-refractivity contribution in [3.8, 4) is 5.75 Å². The smallest absolute Gasteiger partial charge is 0.115 e. The number of nitrogens with zero attached hydrogens (tertiary/aromatic N) is 1. The largest absolute Gasteiger partial charge is 0.508 e. The topological polar surface area (TPSA) is 36.6 Å². The van der Waals surface area contributed by atoms with Gasteiger partial charge in [0.2, 0.25) is 0 Å². The Hall–Kier alpha value is -1.74. The molecule has 1 fully saturated rings. The standard InChI is InChI=1S/C20H25NO2/c1-13-19-10-15-4-5-17(22)11-18(15)20(13,3)7-8-21(19)12-16-6-9-23-14(16)2/h4-6,9,11,13,19,22H,7-8,10,12H2,1-3H3/t13-,19+,20+/m1/s1. The molecule has 2 aromatic rings. The van der Waals surface area contributed by atoms with Gasteiger partial charge in [-0.15, -0.1) is 0 Å². The molecule has 3 nitrogen and oxygen atoms in total. The summed E-state index contributed by atoms with van der Waals surface area (Å²) in [7, 11) is 0. The second-order valence-electron chi connectivity index (χ2n) is 7.54. The highest BCUT2D eigenvalue weighted by atomic mass is 16.3. The normalized spacial score (nSPS) is 30.2. The van der Waals surface area contributed by atoms with Gasteiger partial charge in [-0.25, -0.2) is 0 Å². The lowest BCUT2D eigenvalue weighted by Gasteiger charge is -2.54. The summed E-state index contributed by atoms with van der Waals surface area (Å²) < 4.78 is 5.47. The van der Waals surface area contributed by atoms with Crippen LogP contribution in [0.1, 0.15) is 42.7 Å². The van der Waals surface area contributed by atoms with E-state index in [4.69, 9.17) is 4.42 Å². The number of aromatic hydroxyl groups is 1. The zero-order valence-corrected chi connectivity index (χ0v) is 14.2. The van der Waals surface area contributed by atoms with Crippen molar-refractivity contribution in [1.29, 1.82) is 0 Å². The molecule has 1 aliphatic heterocycles. The van der Waals surface area contributed by atoms with Crippen molar-refractivity contribution in [1.82, 2.24) is 4.90 Å². The van der Waals surface area contributed by atoms with Gasteiger partial charge in [-0.1, -0.05) is 19.9 Å². The van der Waals surface area contributed by atoms with Crippen molar-refractivity contribution in [2.24, 2.45) is 5.92 Å². The number of fused-ring (bicyclic) bond motifs is 4. The Morgan fingerprint density at radius 2 is 2.17 bits per heavy atom. The Kier molecular flexibility index (Phi) is 3.31. The Balaban J connectivity index is 1.68. The van der Waals surface area contributed by atoms with Gasteiger partial charge in [-0.2, -0.15) is 0 Å². The Morgan fingerprint density at radius 1 is 1.35 bits per heavy atom. The molecule has 0 saturated carbocycles. The van der Waals surface area contributed by atoms with E-state index in [1.165, 1.54) is 16.7 Å². The van der Waals surface area contributed by atoms with Crippen molar-refractivity contribution < 1.29 is 9.52 Å². The van der Waals surface area contributed by atoms with Gasteiger partial charge in [0, 0.05) is 18.2 Å². The zero-order chi connectivity index (χ0) is 16.2. The first-order chi connectivity index (χ1) is 11.0. The molecule has 1 aromatic carbocycles. The summed E-state index contributed by atoms with van der Waals surface area (Å²) in [6.07, 6.45) is 4.00. The lowest BCUT2D eigenvalue weighted by Crippen LogP contribution is -2.57. The van der Waals surface area contributed by atoms with E-state index in [1.807, 2.05) is 19.1 Å². The highest BCUT2D eigenvalue weighted by Gasteiger charge is 2.48. The maximum atomic E-state index is 9.92. The summed E-state index contributed by atoms with van der Waals surface area (Å²) in [5.74, 6) is 2.01. The summed E-state index contributed by atoms with van der Waals surface area (Å²) >= 11 is 0. The van der Waals surface area contributed by atoms with Gasteiger partial charge in [-0.05, 0) is 67.0 Å². The van der Waals surface area contributed by atoms with Crippen LogP contribution in [0.5, 0.6) is 5.75 Å². The third-order valence-electron chi connectivity index (χ3n) is 6.45. The lowest BCUT2D eigenvalue weighted by atomic mass is 9.59. The van der Waals surface area contributed by atoms with Crippen LogP contribution in [0.4, 0.5) is 0 Å². The van der Waals surface area contributed by atoms with Gasteiger partial charge in [0.1, 0.15) is 11.5 Å². The number of phenolic OH excluding ortho intramolecular Hbond substituents is 1. The quantitative estimate of drug-likeness (QED) is 0.910. The minimum Gasteiger partial charge on any atom is -0.508 e. The Labute approximate surface area is 137 Å². The van der Waals surface area contributed by atoms with E-state index < -0.39 is 0 Å². The van der Waals surface area contributed by atoms with E-state index in [2.05, 4.69) is 30.9 Å². The van der Waals surface area contributed by atoms with Crippen LogP contribution in [0.2, 0.25) is 0 Å². The fraction of sp³-hybridized carbons (Fsp3) is 0.500. The third-order valence-corrected chi connectivity index (χ3v) is 6.45. The van der Waals surface area contributed by atoms with E-state index in [-0.39, 0.29) is 5.41 Å². The number of piperidine rings is 1. The van der Waals surface area contributed by atoms with E-state index in [1.54, 1.807) is 6.26 Å². The molecule has 2 aliphatic rings. The number of hydrogen-bond donors (Lipinski definition) is 1. The molecule has 23 heavy (non-hydrogen) atoms. The minimum absolute atomic E-state index is 0.166. The molecule has 3 heteroatoms. The zero-order valence-electron chi connectivity index (χ0n) is 14.2. The van der Waals surface area contributed by atoms with Crippen LogP contribution >= 0.6 is 0 Å². The second-order valence-corrected chi connectivity index (χ2v) is 7.54. The van der Waals surface area contributed by atoms with Crippen molar-refractivity contribution in [2.45, 2.75) is 51.6 Å². The molecule has 1 N–H and O–H groups in total. The number of benzene rings is 1.